The van der Waals surface area contributed by atoms with Crippen LogP contribution in [0.4, 0.5) is 5.69 Å². The Labute approximate surface area is 133 Å². The lowest BCUT2D eigenvalue weighted by Crippen LogP contribution is -2.51. The first kappa shape index (κ1) is 13.8. The van der Waals surface area contributed by atoms with Gasteiger partial charge < -0.3 is 5.32 Å². The average molecular weight is 326 g/mol. The lowest BCUT2D eigenvalue weighted by atomic mass is 9.49. The molecule has 4 fully saturated rings. The van der Waals surface area contributed by atoms with Crippen LogP contribution in [-0.4, -0.2) is 16.1 Å². The predicted octanol–water partition coefficient (Wildman–Crippen LogP) is 3.94. The fourth-order valence-corrected chi connectivity index (χ4v) is 5.37. The molecule has 21 heavy (non-hydrogen) atoms. The molecule has 0 radical (unpaired) electrons. The van der Waals surface area contributed by atoms with Crippen LogP contribution in [-0.2, 0) is 4.79 Å². The number of hydrogen-bond donors (Lipinski definition) is 1. The zero-order valence-corrected chi connectivity index (χ0v) is 13.1. The van der Waals surface area contributed by atoms with E-state index in [4.69, 9.17) is 23.2 Å². The summed E-state index contributed by atoms with van der Waals surface area (Å²) in [4.78, 5) is 12.9. The van der Waals surface area contributed by atoms with Crippen molar-refractivity contribution >= 4 is 34.8 Å². The number of carbonyl (C=O) groups is 1. The molecule has 6 heteroatoms. The fraction of sp³-hybridized carbons (Fsp3) is 0.667. The second-order valence-corrected chi connectivity index (χ2v) is 7.77. The second-order valence-electron chi connectivity index (χ2n) is 7.02. The molecular weight excluding hydrogens is 309 g/mol. The van der Waals surface area contributed by atoms with Gasteiger partial charge in [0.25, 0.3) is 0 Å². The van der Waals surface area contributed by atoms with E-state index in [-0.39, 0.29) is 21.6 Å². The third kappa shape index (κ3) is 2.33. The van der Waals surface area contributed by atoms with Crippen LogP contribution in [0.2, 0.25) is 10.3 Å². The molecule has 4 aliphatic rings. The van der Waals surface area contributed by atoms with E-state index in [1.165, 1.54) is 19.3 Å². The Bertz CT molecular complexity index is 569. The SMILES string of the molecule is O=C(Nc1cc(Cl)nnc1Cl)C12CC3CC(CC(C3)C1)C2. The fourth-order valence-electron chi connectivity index (χ4n) is 5.08. The van der Waals surface area contributed by atoms with E-state index in [9.17, 15) is 4.79 Å². The monoisotopic (exact) mass is 325 g/mol. The first-order valence-corrected chi connectivity index (χ1v) is 8.30. The quantitative estimate of drug-likeness (QED) is 0.896. The Morgan fingerprint density at radius 2 is 1.67 bits per heavy atom. The van der Waals surface area contributed by atoms with Crippen LogP contribution in [0.25, 0.3) is 0 Å². The third-order valence-electron chi connectivity index (χ3n) is 5.49. The molecule has 4 saturated carbocycles. The molecule has 4 bridgehead atoms. The molecule has 1 N–H and O–H groups in total. The van der Waals surface area contributed by atoms with Crippen molar-refractivity contribution in [3.05, 3.63) is 16.4 Å². The summed E-state index contributed by atoms with van der Waals surface area (Å²) in [5.41, 5.74) is 0.269. The van der Waals surface area contributed by atoms with E-state index in [0.717, 1.165) is 37.0 Å². The van der Waals surface area contributed by atoms with E-state index in [0.29, 0.717) is 5.69 Å². The third-order valence-corrected chi connectivity index (χ3v) is 5.95. The lowest BCUT2D eigenvalue weighted by Gasteiger charge is -2.55. The number of nitrogens with zero attached hydrogens (tertiary/aromatic N) is 2. The van der Waals surface area contributed by atoms with Crippen LogP contribution in [0.15, 0.2) is 6.07 Å². The van der Waals surface area contributed by atoms with Crippen LogP contribution in [0, 0.1) is 23.2 Å². The van der Waals surface area contributed by atoms with Gasteiger partial charge in [-0.05, 0) is 56.3 Å². The Kier molecular flexibility index (Phi) is 3.16. The maximum atomic E-state index is 12.9. The van der Waals surface area contributed by atoms with E-state index in [1.807, 2.05) is 0 Å². The largest absolute Gasteiger partial charge is 0.323 e. The van der Waals surface area contributed by atoms with Crippen LogP contribution >= 0.6 is 23.2 Å². The lowest BCUT2D eigenvalue weighted by molar-refractivity contribution is -0.140. The van der Waals surface area contributed by atoms with Gasteiger partial charge in [0.2, 0.25) is 5.91 Å². The maximum Gasteiger partial charge on any atom is 0.230 e. The zero-order chi connectivity index (χ0) is 14.6. The van der Waals surface area contributed by atoms with Crippen LogP contribution < -0.4 is 5.32 Å². The molecule has 4 aliphatic carbocycles. The van der Waals surface area contributed by atoms with Gasteiger partial charge in [-0.3, -0.25) is 4.79 Å². The van der Waals surface area contributed by atoms with E-state index in [1.54, 1.807) is 6.07 Å². The van der Waals surface area contributed by atoms with Crippen molar-refractivity contribution in [3.8, 4) is 0 Å². The van der Waals surface area contributed by atoms with Crippen molar-refractivity contribution in [1.82, 2.24) is 10.2 Å². The summed E-state index contributed by atoms with van der Waals surface area (Å²) in [7, 11) is 0. The van der Waals surface area contributed by atoms with Gasteiger partial charge >= 0.3 is 0 Å². The van der Waals surface area contributed by atoms with E-state index < -0.39 is 0 Å². The van der Waals surface area contributed by atoms with Crippen molar-refractivity contribution in [3.63, 3.8) is 0 Å². The van der Waals surface area contributed by atoms with Crippen molar-refractivity contribution in [2.45, 2.75) is 38.5 Å². The maximum absolute atomic E-state index is 12.9. The first-order valence-electron chi connectivity index (χ1n) is 7.54. The topological polar surface area (TPSA) is 54.9 Å². The summed E-state index contributed by atoms with van der Waals surface area (Å²) in [6, 6.07) is 1.56. The van der Waals surface area contributed by atoms with Gasteiger partial charge in [0, 0.05) is 6.07 Å². The molecule has 0 aliphatic heterocycles. The smallest absolute Gasteiger partial charge is 0.230 e. The molecule has 0 unspecified atom stereocenters. The van der Waals surface area contributed by atoms with Gasteiger partial charge in [-0.1, -0.05) is 23.2 Å². The number of hydrogen-bond acceptors (Lipinski definition) is 3. The Morgan fingerprint density at radius 3 is 2.24 bits per heavy atom. The Balaban J connectivity index is 1.59. The summed E-state index contributed by atoms with van der Waals surface area (Å²) in [6.45, 7) is 0. The highest BCUT2D eigenvalue weighted by molar-refractivity contribution is 6.33. The van der Waals surface area contributed by atoms with E-state index >= 15 is 0 Å². The zero-order valence-electron chi connectivity index (χ0n) is 11.6. The molecule has 0 aromatic carbocycles. The van der Waals surface area contributed by atoms with Crippen molar-refractivity contribution in [2.24, 2.45) is 23.2 Å². The normalized spacial score (nSPS) is 36.8. The summed E-state index contributed by atoms with van der Waals surface area (Å²) < 4.78 is 0. The number of amides is 1. The minimum atomic E-state index is -0.201. The average Bonchev–Trinajstić information content (AvgIpc) is 2.41. The summed E-state index contributed by atoms with van der Waals surface area (Å²) in [5.74, 6) is 2.29. The van der Waals surface area contributed by atoms with Gasteiger partial charge in [-0.15, -0.1) is 10.2 Å². The molecule has 4 nitrogen and oxygen atoms in total. The Hall–Kier alpha value is -0.870. The second kappa shape index (κ2) is 4.82. The highest BCUT2D eigenvalue weighted by Crippen LogP contribution is 2.60. The number of carbonyl (C=O) groups excluding carboxylic acids is 1. The molecular formula is C15H17Cl2N3O. The first-order chi connectivity index (χ1) is 10.0. The molecule has 1 amide bonds. The highest BCUT2D eigenvalue weighted by Gasteiger charge is 2.54. The summed E-state index contributed by atoms with van der Waals surface area (Å²) >= 11 is 11.8. The van der Waals surface area contributed by atoms with Crippen molar-refractivity contribution in [2.75, 3.05) is 5.32 Å². The highest BCUT2D eigenvalue weighted by atomic mass is 35.5. The van der Waals surface area contributed by atoms with Crippen molar-refractivity contribution < 1.29 is 4.79 Å². The molecule has 112 valence electrons. The number of anilines is 1. The van der Waals surface area contributed by atoms with Gasteiger partial charge in [0.15, 0.2) is 10.3 Å². The molecule has 1 aromatic heterocycles. The Morgan fingerprint density at radius 1 is 1.10 bits per heavy atom. The van der Waals surface area contributed by atoms with Crippen LogP contribution in [0.5, 0.6) is 0 Å². The summed E-state index contributed by atoms with van der Waals surface area (Å²) in [6.07, 6.45) is 7.01. The minimum absolute atomic E-state index is 0.0903. The molecule has 5 rings (SSSR count). The van der Waals surface area contributed by atoms with Gasteiger partial charge in [0.05, 0.1) is 11.1 Å². The van der Waals surface area contributed by atoms with Gasteiger partial charge in [0.1, 0.15) is 0 Å². The standard InChI is InChI=1S/C15H17Cl2N3O/c16-12-4-11(13(17)20-19-12)18-14(21)15-5-8-1-9(6-15)3-10(2-8)7-15/h4,8-10H,1-3,5-7H2,(H,18,19,21). The number of nitrogens with one attached hydrogen (secondary N) is 1. The van der Waals surface area contributed by atoms with E-state index in [2.05, 4.69) is 15.5 Å². The molecule has 0 atom stereocenters. The molecule has 0 spiro atoms. The number of halogens is 2. The number of aromatic nitrogens is 2. The molecule has 1 heterocycles. The molecule has 1 aromatic rings. The van der Waals surface area contributed by atoms with Crippen molar-refractivity contribution in [1.29, 1.82) is 0 Å². The van der Waals surface area contributed by atoms with Gasteiger partial charge in [-0.2, -0.15) is 0 Å². The summed E-state index contributed by atoms with van der Waals surface area (Å²) in [5, 5.41) is 10.8. The predicted molar refractivity (Wildman–Crippen MR) is 81.3 cm³/mol. The van der Waals surface area contributed by atoms with Gasteiger partial charge in [-0.25, -0.2) is 0 Å². The van der Waals surface area contributed by atoms with Crippen LogP contribution in [0.3, 0.4) is 0 Å². The molecule has 0 saturated heterocycles. The van der Waals surface area contributed by atoms with Crippen LogP contribution in [0.1, 0.15) is 38.5 Å². The number of rotatable bonds is 2. The minimum Gasteiger partial charge on any atom is -0.323 e.